The molecule has 1 saturated heterocycles. The molecule has 0 aromatic heterocycles. The summed E-state index contributed by atoms with van der Waals surface area (Å²) in [5, 5.41) is 9.25. The fourth-order valence-electron chi connectivity index (χ4n) is 1.94. The minimum Gasteiger partial charge on any atom is -0.394 e. The van der Waals surface area contributed by atoms with Crippen LogP contribution in [0.4, 0.5) is 4.79 Å². The van der Waals surface area contributed by atoms with E-state index in [4.69, 9.17) is 0 Å². The second-order valence-electron chi connectivity index (χ2n) is 5.51. The molecule has 1 N–H and O–H groups in total. The number of carbonyl (C=O) groups excluding carboxylic acids is 1. The third kappa shape index (κ3) is 2.88. The molecule has 0 saturated carbocycles. The SMILES string of the molecule is CC1CCCN(C(=O)N(C)C(C)(C)CO)C1. The van der Waals surface area contributed by atoms with Crippen molar-refractivity contribution in [1.29, 1.82) is 0 Å². The molecular weight excluding hydrogens is 204 g/mol. The zero-order valence-electron chi connectivity index (χ0n) is 10.9. The van der Waals surface area contributed by atoms with Gasteiger partial charge in [-0.05, 0) is 32.6 Å². The number of amides is 2. The lowest BCUT2D eigenvalue weighted by Crippen LogP contribution is -2.54. The van der Waals surface area contributed by atoms with E-state index >= 15 is 0 Å². The lowest BCUT2D eigenvalue weighted by Gasteiger charge is -2.40. The summed E-state index contributed by atoms with van der Waals surface area (Å²) in [6.45, 7) is 7.59. The van der Waals surface area contributed by atoms with Crippen LogP contribution in [0.2, 0.25) is 0 Å². The molecule has 0 bridgehead atoms. The Labute approximate surface area is 98.2 Å². The molecule has 0 aliphatic carbocycles. The Bertz CT molecular complexity index is 253. The van der Waals surface area contributed by atoms with Gasteiger partial charge >= 0.3 is 6.03 Å². The van der Waals surface area contributed by atoms with E-state index < -0.39 is 5.54 Å². The standard InChI is InChI=1S/C12H24N2O2/c1-10-6-5-7-14(8-10)11(16)13(4)12(2,3)9-15/h10,15H,5-9H2,1-4H3. The lowest BCUT2D eigenvalue weighted by molar-refractivity contribution is 0.0695. The summed E-state index contributed by atoms with van der Waals surface area (Å²) in [6.07, 6.45) is 2.29. The first-order valence-electron chi connectivity index (χ1n) is 6.02. The molecule has 4 nitrogen and oxygen atoms in total. The molecule has 1 fully saturated rings. The number of aliphatic hydroxyl groups excluding tert-OH is 1. The number of carbonyl (C=O) groups is 1. The van der Waals surface area contributed by atoms with E-state index in [2.05, 4.69) is 6.92 Å². The predicted molar refractivity (Wildman–Crippen MR) is 64.3 cm³/mol. The van der Waals surface area contributed by atoms with Crippen LogP contribution in [-0.4, -0.2) is 53.2 Å². The summed E-state index contributed by atoms with van der Waals surface area (Å²) in [7, 11) is 1.76. The number of piperidine rings is 1. The molecule has 1 unspecified atom stereocenters. The fraction of sp³-hybridized carbons (Fsp3) is 0.917. The summed E-state index contributed by atoms with van der Waals surface area (Å²) >= 11 is 0. The van der Waals surface area contributed by atoms with E-state index in [0.29, 0.717) is 5.92 Å². The van der Waals surface area contributed by atoms with Gasteiger partial charge in [0.25, 0.3) is 0 Å². The minimum absolute atomic E-state index is 0.0152. The number of likely N-dealkylation sites (tertiary alicyclic amines) is 1. The molecule has 94 valence electrons. The Morgan fingerprint density at radius 1 is 1.56 bits per heavy atom. The van der Waals surface area contributed by atoms with Gasteiger partial charge in [0.1, 0.15) is 0 Å². The first-order valence-corrected chi connectivity index (χ1v) is 6.02. The molecule has 1 atom stereocenters. The Balaban J connectivity index is 2.63. The third-order valence-electron chi connectivity index (χ3n) is 3.51. The number of rotatable bonds is 2. The summed E-state index contributed by atoms with van der Waals surface area (Å²) in [5.74, 6) is 0.586. The lowest BCUT2D eigenvalue weighted by atomic mass is 10.00. The Hall–Kier alpha value is -0.770. The fourth-order valence-corrected chi connectivity index (χ4v) is 1.94. The van der Waals surface area contributed by atoms with Gasteiger partial charge in [-0.1, -0.05) is 6.92 Å². The van der Waals surface area contributed by atoms with Crippen molar-refractivity contribution in [3.8, 4) is 0 Å². The molecule has 2 amide bonds. The topological polar surface area (TPSA) is 43.8 Å². The van der Waals surface area contributed by atoms with Crippen LogP contribution in [0.25, 0.3) is 0 Å². The average Bonchev–Trinajstić information content (AvgIpc) is 2.27. The smallest absolute Gasteiger partial charge is 0.320 e. The quantitative estimate of drug-likeness (QED) is 0.779. The van der Waals surface area contributed by atoms with Crippen molar-refractivity contribution < 1.29 is 9.90 Å². The second kappa shape index (κ2) is 5.04. The van der Waals surface area contributed by atoms with E-state index in [0.717, 1.165) is 19.5 Å². The Morgan fingerprint density at radius 3 is 2.69 bits per heavy atom. The van der Waals surface area contributed by atoms with Gasteiger partial charge in [0, 0.05) is 20.1 Å². The predicted octanol–water partition coefficient (Wildman–Crippen LogP) is 1.54. The van der Waals surface area contributed by atoms with Gasteiger partial charge in [-0.2, -0.15) is 0 Å². The van der Waals surface area contributed by atoms with Crippen LogP contribution in [0.15, 0.2) is 0 Å². The summed E-state index contributed by atoms with van der Waals surface area (Å²) in [4.78, 5) is 15.7. The van der Waals surface area contributed by atoms with Crippen LogP contribution in [-0.2, 0) is 0 Å². The van der Waals surface area contributed by atoms with E-state index in [-0.39, 0.29) is 12.6 Å². The molecule has 4 heteroatoms. The molecular formula is C12H24N2O2. The maximum Gasteiger partial charge on any atom is 0.320 e. The van der Waals surface area contributed by atoms with E-state index in [1.54, 1.807) is 11.9 Å². The molecule has 1 aliphatic rings. The van der Waals surface area contributed by atoms with E-state index in [9.17, 15) is 9.90 Å². The number of likely N-dealkylation sites (N-methyl/N-ethyl adjacent to an activating group) is 1. The number of aliphatic hydroxyl groups is 1. The van der Waals surface area contributed by atoms with Gasteiger partial charge in [0.05, 0.1) is 12.1 Å². The second-order valence-corrected chi connectivity index (χ2v) is 5.51. The van der Waals surface area contributed by atoms with Crippen LogP contribution < -0.4 is 0 Å². The van der Waals surface area contributed by atoms with Crippen LogP contribution in [0.3, 0.4) is 0 Å². The van der Waals surface area contributed by atoms with Gasteiger partial charge < -0.3 is 14.9 Å². The van der Waals surface area contributed by atoms with Gasteiger partial charge in [0.2, 0.25) is 0 Å². The highest BCUT2D eigenvalue weighted by Gasteiger charge is 2.31. The molecule has 0 aromatic rings. The molecule has 0 aromatic carbocycles. The molecule has 1 aliphatic heterocycles. The maximum absolute atomic E-state index is 12.2. The Kier molecular flexibility index (Phi) is 4.19. The van der Waals surface area contributed by atoms with Gasteiger partial charge in [-0.15, -0.1) is 0 Å². The molecule has 16 heavy (non-hydrogen) atoms. The van der Waals surface area contributed by atoms with Crippen LogP contribution in [0, 0.1) is 5.92 Å². The van der Waals surface area contributed by atoms with E-state index in [1.165, 1.54) is 6.42 Å². The molecule has 1 rings (SSSR count). The van der Waals surface area contributed by atoms with Gasteiger partial charge in [0.15, 0.2) is 0 Å². The van der Waals surface area contributed by atoms with Crippen molar-refractivity contribution in [3.63, 3.8) is 0 Å². The van der Waals surface area contributed by atoms with Crippen molar-refractivity contribution in [3.05, 3.63) is 0 Å². The third-order valence-corrected chi connectivity index (χ3v) is 3.51. The summed E-state index contributed by atoms with van der Waals surface area (Å²) < 4.78 is 0. The van der Waals surface area contributed by atoms with Crippen LogP contribution in [0.5, 0.6) is 0 Å². The van der Waals surface area contributed by atoms with Crippen molar-refractivity contribution >= 4 is 6.03 Å². The average molecular weight is 228 g/mol. The van der Waals surface area contributed by atoms with Crippen molar-refractivity contribution in [1.82, 2.24) is 9.80 Å². The van der Waals surface area contributed by atoms with Crippen LogP contribution in [0.1, 0.15) is 33.6 Å². The number of nitrogens with zero attached hydrogens (tertiary/aromatic N) is 2. The number of urea groups is 1. The number of hydrogen-bond donors (Lipinski definition) is 1. The molecule has 0 radical (unpaired) electrons. The molecule has 1 heterocycles. The number of hydrogen-bond acceptors (Lipinski definition) is 2. The first kappa shape index (κ1) is 13.3. The zero-order valence-corrected chi connectivity index (χ0v) is 10.9. The first-order chi connectivity index (χ1) is 7.38. The monoisotopic (exact) mass is 228 g/mol. The van der Waals surface area contributed by atoms with E-state index in [1.807, 2.05) is 18.7 Å². The Morgan fingerprint density at radius 2 is 2.19 bits per heavy atom. The van der Waals surface area contributed by atoms with Gasteiger partial charge in [-0.3, -0.25) is 0 Å². The maximum atomic E-state index is 12.2. The highest BCUT2D eigenvalue weighted by Crippen LogP contribution is 2.19. The minimum atomic E-state index is -0.488. The van der Waals surface area contributed by atoms with Gasteiger partial charge in [-0.25, -0.2) is 4.79 Å². The van der Waals surface area contributed by atoms with Crippen molar-refractivity contribution in [2.75, 3.05) is 26.7 Å². The summed E-state index contributed by atoms with van der Waals surface area (Å²) in [5.41, 5.74) is -0.488. The van der Waals surface area contributed by atoms with Crippen molar-refractivity contribution in [2.45, 2.75) is 39.2 Å². The summed E-state index contributed by atoms with van der Waals surface area (Å²) in [6, 6.07) is 0.0330. The highest BCUT2D eigenvalue weighted by molar-refractivity contribution is 5.75. The van der Waals surface area contributed by atoms with Crippen molar-refractivity contribution in [2.24, 2.45) is 5.92 Å². The molecule has 0 spiro atoms. The largest absolute Gasteiger partial charge is 0.394 e. The highest BCUT2D eigenvalue weighted by atomic mass is 16.3. The van der Waals surface area contributed by atoms with Crippen LogP contribution >= 0.6 is 0 Å². The normalized spacial score (nSPS) is 22.1. The zero-order chi connectivity index (χ0) is 12.3.